The highest BCUT2D eigenvalue weighted by Crippen LogP contribution is 2.35. The van der Waals surface area contributed by atoms with Crippen LogP contribution in [0.25, 0.3) is 27.1 Å². The third kappa shape index (κ3) is 4.85. The molecule has 4 aromatic heterocycles. The van der Waals surface area contributed by atoms with E-state index >= 15 is 0 Å². The van der Waals surface area contributed by atoms with Gasteiger partial charge in [0.05, 0.1) is 23.9 Å². The van der Waals surface area contributed by atoms with Crippen LogP contribution in [0.3, 0.4) is 0 Å². The fraction of sp³-hybridized carbons (Fsp3) is 0.393. The van der Waals surface area contributed by atoms with Crippen LogP contribution in [0.2, 0.25) is 0 Å². The standard InChI is InChI=1S/C28H32N8O/c1-17(2)28(37)8-10-36(11-9-28)24-7-6-20(14-30-24)19(4)34-27-33-16-23(29-5)25(35-27)22-15-32-26-21(22)12-18(3)13-31-26/h6-7,12-17,19,37H,8-11H2,1-4H3,(H,31,32)(H,33,34,35). The molecule has 0 aliphatic carbocycles. The van der Waals surface area contributed by atoms with E-state index in [2.05, 4.69) is 49.9 Å². The van der Waals surface area contributed by atoms with Crippen LogP contribution in [0.15, 0.2) is 43.0 Å². The van der Waals surface area contributed by atoms with Gasteiger partial charge in [-0.1, -0.05) is 19.9 Å². The average Bonchev–Trinajstić information content (AvgIpc) is 3.32. The molecule has 9 nitrogen and oxygen atoms in total. The van der Waals surface area contributed by atoms with E-state index in [1.807, 2.05) is 44.6 Å². The minimum Gasteiger partial charge on any atom is -0.389 e. The smallest absolute Gasteiger partial charge is 0.231 e. The monoisotopic (exact) mass is 496 g/mol. The number of aryl methyl sites for hydroxylation is 1. The maximum atomic E-state index is 10.8. The number of aromatic amines is 1. The van der Waals surface area contributed by atoms with E-state index in [0.29, 0.717) is 17.3 Å². The maximum absolute atomic E-state index is 10.8. The normalized spacial score (nSPS) is 16.1. The van der Waals surface area contributed by atoms with E-state index in [-0.39, 0.29) is 12.0 Å². The lowest BCUT2D eigenvalue weighted by Crippen LogP contribution is -2.47. The van der Waals surface area contributed by atoms with E-state index in [1.54, 1.807) is 6.20 Å². The lowest BCUT2D eigenvalue weighted by atomic mass is 9.81. The van der Waals surface area contributed by atoms with Crippen molar-refractivity contribution < 1.29 is 5.11 Å². The Morgan fingerprint density at radius 2 is 1.89 bits per heavy atom. The Hall–Kier alpha value is -4.03. The van der Waals surface area contributed by atoms with Crippen LogP contribution in [0.5, 0.6) is 0 Å². The van der Waals surface area contributed by atoms with Gasteiger partial charge in [-0.15, -0.1) is 0 Å². The molecule has 1 aliphatic rings. The second-order valence-electron chi connectivity index (χ2n) is 10.2. The first-order chi connectivity index (χ1) is 17.8. The molecule has 37 heavy (non-hydrogen) atoms. The number of aliphatic hydroxyl groups is 1. The average molecular weight is 497 g/mol. The first-order valence-corrected chi connectivity index (χ1v) is 12.7. The minimum absolute atomic E-state index is 0.0903. The Kier molecular flexibility index (Phi) is 6.52. The molecule has 5 rings (SSSR count). The van der Waals surface area contributed by atoms with E-state index in [9.17, 15) is 5.11 Å². The SMILES string of the molecule is [C-]#[N+]c1cnc(NC(C)c2ccc(N3CCC(O)(C(C)C)CC3)nc2)nc1-c1c[nH]c2ncc(C)cc12. The van der Waals surface area contributed by atoms with Crippen molar-refractivity contribution >= 4 is 28.5 Å². The van der Waals surface area contributed by atoms with Crippen molar-refractivity contribution in [2.75, 3.05) is 23.3 Å². The number of fused-ring (bicyclic) bond motifs is 1. The molecule has 5 heterocycles. The number of rotatable bonds is 6. The van der Waals surface area contributed by atoms with Crippen molar-refractivity contribution in [3.63, 3.8) is 0 Å². The van der Waals surface area contributed by atoms with Gasteiger partial charge in [-0.05, 0) is 55.9 Å². The molecule has 190 valence electrons. The van der Waals surface area contributed by atoms with Gasteiger partial charge >= 0.3 is 0 Å². The van der Waals surface area contributed by atoms with E-state index in [0.717, 1.165) is 59.5 Å². The van der Waals surface area contributed by atoms with Crippen LogP contribution in [0, 0.1) is 19.4 Å². The Balaban J connectivity index is 1.32. The van der Waals surface area contributed by atoms with Crippen molar-refractivity contribution in [2.45, 2.75) is 52.2 Å². The Morgan fingerprint density at radius 3 is 2.57 bits per heavy atom. The lowest BCUT2D eigenvalue weighted by molar-refractivity contribution is -0.0262. The highest BCUT2D eigenvalue weighted by atomic mass is 16.3. The molecule has 0 amide bonds. The van der Waals surface area contributed by atoms with Crippen LogP contribution in [-0.2, 0) is 0 Å². The zero-order valence-electron chi connectivity index (χ0n) is 21.7. The highest BCUT2D eigenvalue weighted by Gasteiger charge is 2.35. The van der Waals surface area contributed by atoms with Gasteiger partial charge in [-0.25, -0.2) is 24.8 Å². The lowest BCUT2D eigenvalue weighted by Gasteiger charge is -2.41. The van der Waals surface area contributed by atoms with Crippen LogP contribution in [-0.4, -0.2) is 48.7 Å². The molecule has 0 aromatic carbocycles. The summed E-state index contributed by atoms with van der Waals surface area (Å²) in [5.41, 5.74) is 3.99. The second-order valence-corrected chi connectivity index (χ2v) is 10.2. The molecule has 1 aliphatic heterocycles. The fourth-order valence-electron chi connectivity index (χ4n) is 4.85. The van der Waals surface area contributed by atoms with Crippen molar-refractivity contribution in [1.82, 2.24) is 24.9 Å². The summed E-state index contributed by atoms with van der Waals surface area (Å²) < 4.78 is 0. The van der Waals surface area contributed by atoms with Crippen molar-refractivity contribution in [2.24, 2.45) is 5.92 Å². The van der Waals surface area contributed by atoms with Crippen LogP contribution in [0.4, 0.5) is 17.5 Å². The minimum atomic E-state index is -0.585. The first kappa shape index (κ1) is 24.7. The maximum Gasteiger partial charge on any atom is 0.231 e. The predicted octanol–water partition coefficient (Wildman–Crippen LogP) is 5.43. The number of nitrogens with zero attached hydrogens (tertiary/aromatic N) is 6. The van der Waals surface area contributed by atoms with Gasteiger partial charge in [0.25, 0.3) is 0 Å². The van der Waals surface area contributed by atoms with Crippen LogP contribution in [0.1, 0.15) is 50.8 Å². The molecule has 4 aromatic rings. The quantitative estimate of drug-likeness (QED) is 0.305. The van der Waals surface area contributed by atoms with Gasteiger partial charge in [0.2, 0.25) is 11.6 Å². The number of anilines is 2. The molecule has 0 radical (unpaired) electrons. The van der Waals surface area contributed by atoms with Crippen molar-refractivity contribution in [3.05, 3.63) is 65.5 Å². The molecule has 1 unspecified atom stereocenters. The number of aromatic nitrogens is 5. The summed E-state index contributed by atoms with van der Waals surface area (Å²) in [5.74, 6) is 1.61. The Morgan fingerprint density at radius 1 is 1.11 bits per heavy atom. The van der Waals surface area contributed by atoms with Gasteiger partial charge in [-0.3, -0.25) is 0 Å². The van der Waals surface area contributed by atoms with Gasteiger partial charge in [0.1, 0.15) is 11.5 Å². The number of hydrogen-bond acceptors (Lipinski definition) is 7. The second kappa shape index (κ2) is 9.79. The van der Waals surface area contributed by atoms with Gasteiger partial charge in [0.15, 0.2) is 0 Å². The predicted molar refractivity (Wildman–Crippen MR) is 146 cm³/mol. The molecule has 0 spiro atoms. The Labute approximate surface area is 216 Å². The summed E-state index contributed by atoms with van der Waals surface area (Å²) in [6.07, 6.45) is 8.58. The number of piperidine rings is 1. The zero-order valence-corrected chi connectivity index (χ0v) is 21.7. The van der Waals surface area contributed by atoms with E-state index < -0.39 is 5.60 Å². The van der Waals surface area contributed by atoms with Gasteiger partial charge in [-0.2, -0.15) is 0 Å². The molecule has 1 fully saturated rings. The van der Waals surface area contributed by atoms with Gasteiger partial charge < -0.3 is 20.3 Å². The summed E-state index contributed by atoms with van der Waals surface area (Å²) in [7, 11) is 0. The molecule has 0 saturated carbocycles. The van der Waals surface area contributed by atoms with E-state index in [1.165, 1.54) is 0 Å². The zero-order chi connectivity index (χ0) is 26.2. The summed E-state index contributed by atoms with van der Waals surface area (Å²) >= 11 is 0. The molecular weight excluding hydrogens is 464 g/mol. The van der Waals surface area contributed by atoms with Crippen molar-refractivity contribution in [3.8, 4) is 11.3 Å². The summed E-state index contributed by atoms with van der Waals surface area (Å²) in [5, 5.41) is 15.0. The first-order valence-electron chi connectivity index (χ1n) is 12.7. The number of nitrogens with one attached hydrogen (secondary N) is 2. The Bertz CT molecular complexity index is 1450. The van der Waals surface area contributed by atoms with Crippen LogP contribution >= 0.6 is 0 Å². The summed E-state index contributed by atoms with van der Waals surface area (Å²) in [6.45, 7) is 17.4. The van der Waals surface area contributed by atoms with Gasteiger partial charge in [0, 0.05) is 48.8 Å². The largest absolute Gasteiger partial charge is 0.389 e. The molecule has 1 atom stereocenters. The highest BCUT2D eigenvalue weighted by molar-refractivity contribution is 5.96. The van der Waals surface area contributed by atoms with E-state index in [4.69, 9.17) is 16.5 Å². The van der Waals surface area contributed by atoms with Crippen molar-refractivity contribution in [1.29, 1.82) is 0 Å². The number of hydrogen-bond donors (Lipinski definition) is 3. The third-order valence-corrected chi connectivity index (χ3v) is 7.46. The summed E-state index contributed by atoms with van der Waals surface area (Å²) in [4.78, 5) is 27.3. The summed E-state index contributed by atoms with van der Waals surface area (Å²) in [6, 6.07) is 6.04. The molecule has 0 bridgehead atoms. The molecule has 1 saturated heterocycles. The third-order valence-electron chi connectivity index (χ3n) is 7.46. The molecular formula is C28H32N8O. The molecule has 3 N–H and O–H groups in total. The number of H-pyrrole nitrogens is 1. The molecule has 9 heteroatoms. The topological polar surface area (TPSA) is 107 Å². The fourth-order valence-corrected chi connectivity index (χ4v) is 4.85. The number of pyridine rings is 2. The van der Waals surface area contributed by atoms with Crippen LogP contribution < -0.4 is 10.2 Å².